The first kappa shape index (κ1) is 22.5. The lowest BCUT2D eigenvalue weighted by Gasteiger charge is -2.21. The predicted molar refractivity (Wildman–Crippen MR) is 93.6 cm³/mol. The van der Waals surface area contributed by atoms with Crippen molar-refractivity contribution < 1.29 is 31.9 Å². The van der Waals surface area contributed by atoms with E-state index in [2.05, 4.69) is 5.32 Å². The number of carbonyl (C=O) groups is 3. The lowest BCUT2D eigenvalue weighted by Crippen LogP contribution is -2.50. The van der Waals surface area contributed by atoms with E-state index < -0.39 is 51.9 Å². The maximum absolute atomic E-state index is 13.1. The van der Waals surface area contributed by atoms with Crippen LogP contribution < -0.4 is 15.4 Å². The van der Waals surface area contributed by atoms with Gasteiger partial charge in [0.2, 0.25) is 10.0 Å². The number of imide groups is 1. The van der Waals surface area contributed by atoms with Gasteiger partial charge in [-0.2, -0.15) is 4.72 Å². The summed E-state index contributed by atoms with van der Waals surface area (Å²) in [6.45, 7) is 5.59. The van der Waals surface area contributed by atoms with Gasteiger partial charge < -0.3 is 10.1 Å². The average molecular weight is 403 g/mol. The summed E-state index contributed by atoms with van der Waals surface area (Å²) in [6, 6.07) is 3.46. The van der Waals surface area contributed by atoms with Crippen LogP contribution in [-0.2, 0) is 24.3 Å². The predicted octanol–water partition coefficient (Wildman–Crippen LogP) is 0.660. The Hall–Kier alpha value is -2.53. The topological polar surface area (TPSA) is 131 Å². The second-order valence-electron chi connectivity index (χ2n) is 6.61. The van der Waals surface area contributed by atoms with Crippen LogP contribution in [0.2, 0.25) is 0 Å². The Balaban J connectivity index is 2.54. The summed E-state index contributed by atoms with van der Waals surface area (Å²) in [4.78, 5) is 34.8. The van der Waals surface area contributed by atoms with E-state index in [1.807, 2.05) is 10.0 Å². The van der Waals surface area contributed by atoms with Gasteiger partial charge in [0.15, 0.2) is 6.10 Å². The van der Waals surface area contributed by atoms with E-state index in [9.17, 15) is 27.2 Å². The fourth-order valence-electron chi connectivity index (χ4n) is 1.75. The van der Waals surface area contributed by atoms with Crippen LogP contribution in [0.25, 0.3) is 0 Å². The molecule has 0 spiro atoms. The smallest absolute Gasteiger partial charge is 0.321 e. The first-order valence-electron chi connectivity index (χ1n) is 7.88. The Bertz CT molecular complexity index is 820. The number of esters is 1. The van der Waals surface area contributed by atoms with Gasteiger partial charge in [0.25, 0.3) is 5.91 Å². The van der Waals surface area contributed by atoms with Crippen molar-refractivity contribution in [2.45, 2.75) is 44.2 Å². The minimum atomic E-state index is -4.13. The van der Waals surface area contributed by atoms with E-state index in [0.717, 1.165) is 18.2 Å². The lowest BCUT2D eigenvalue weighted by molar-refractivity contribution is -0.153. The summed E-state index contributed by atoms with van der Waals surface area (Å²) in [5.41, 5.74) is -0.570. The van der Waals surface area contributed by atoms with Crippen molar-refractivity contribution in [1.29, 1.82) is 0 Å². The lowest BCUT2D eigenvalue weighted by atomic mass is 10.1. The number of halogens is 1. The number of sulfonamides is 1. The zero-order chi connectivity index (χ0) is 20.8. The fraction of sp³-hybridized carbons (Fsp3) is 0.438. The van der Waals surface area contributed by atoms with Crippen LogP contribution >= 0.6 is 0 Å². The third kappa shape index (κ3) is 8.13. The first-order chi connectivity index (χ1) is 12.3. The van der Waals surface area contributed by atoms with Gasteiger partial charge in [0.05, 0.1) is 4.90 Å². The number of benzene rings is 1. The molecule has 0 saturated heterocycles. The number of carbonyl (C=O) groups excluding carboxylic acids is 3. The third-order valence-corrected chi connectivity index (χ3v) is 4.31. The zero-order valence-corrected chi connectivity index (χ0v) is 16.1. The summed E-state index contributed by atoms with van der Waals surface area (Å²) in [7, 11) is -4.13. The molecule has 1 aromatic rings. The van der Waals surface area contributed by atoms with Crippen LogP contribution in [0.15, 0.2) is 29.2 Å². The number of rotatable bonds is 6. The molecule has 1 atom stereocenters. The molecule has 150 valence electrons. The number of hydrogen-bond donors (Lipinski definition) is 3. The van der Waals surface area contributed by atoms with Gasteiger partial charge in [-0.15, -0.1) is 0 Å². The molecule has 27 heavy (non-hydrogen) atoms. The van der Waals surface area contributed by atoms with Crippen molar-refractivity contribution in [3.05, 3.63) is 30.1 Å². The zero-order valence-electron chi connectivity index (χ0n) is 15.3. The number of urea groups is 1. The van der Waals surface area contributed by atoms with Crippen molar-refractivity contribution in [2.24, 2.45) is 0 Å². The molecular weight excluding hydrogens is 381 g/mol. The highest BCUT2D eigenvalue weighted by Gasteiger charge is 2.23. The molecule has 0 aromatic heterocycles. The maximum atomic E-state index is 13.1. The molecule has 0 saturated carbocycles. The molecule has 3 amide bonds. The van der Waals surface area contributed by atoms with Crippen LogP contribution in [-0.4, -0.2) is 44.5 Å². The van der Waals surface area contributed by atoms with Gasteiger partial charge in [-0.25, -0.2) is 17.6 Å². The van der Waals surface area contributed by atoms with Gasteiger partial charge >= 0.3 is 12.0 Å². The van der Waals surface area contributed by atoms with E-state index in [1.165, 1.54) is 13.0 Å². The third-order valence-electron chi connectivity index (χ3n) is 2.92. The number of ether oxygens (including phenoxy) is 1. The number of hydrogen-bond acceptors (Lipinski definition) is 6. The van der Waals surface area contributed by atoms with E-state index in [4.69, 9.17) is 4.74 Å². The molecular formula is C16H22FN3O6S. The van der Waals surface area contributed by atoms with Gasteiger partial charge in [-0.1, -0.05) is 6.07 Å². The highest BCUT2D eigenvalue weighted by Crippen LogP contribution is 2.10. The van der Waals surface area contributed by atoms with Crippen molar-refractivity contribution in [3.8, 4) is 0 Å². The Labute approximate surface area is 156 Å². The van der Waals surface area contributed by atoms with Gasteiger partial charge in [-0.3, -0.25) is 14.9 Å². The number of amides is 3. The van der Waals surface area contributed by atoms with Crippen molar-refractivity contribution in [3.63, 3.8) is 0 Å². The van der Waals surface area contributed by atoms with E-state index in [-0.39, 0.29) is 4.90 Å². The van der Waals surface area contributed by atoms with E-state index in [0.29, 0.717) is 0 Å². The highest BCUT2D eigenvalue weighted by atomic mass is 32.2. The molecule has 0 radical (unpaired) electrons. The van der Waals surface area contributed by atoms with Gasteiger partial charge in [0, 0.05) is 5.54 Å². The summed E-state index contributed by atoms with van der Waals surface area (Å²) in [6.07, 6.45) is -1.33. The molecule has 0 fully saturated rings. The molecule has 11 heteroatoms. The van der Waals surface area contributed by atoms with Crippen molar-refractivity contribution >= 4 is 27.9 Å². The molecule has 3 N–H and O–H groups in total. The summed E-state index contributed by atoms with van der Waals surface area (Å²) >= 11 is 0. The average Bonchev–Trinajstić information content (AvgIpc) is 2.51. The molecule has 1 rings (SSSR count). The quantitative estimate of drug-likeness (QED) is 0.598. The summed E-state index contributed by atoms with van der Waals surface area (Å²) < 4.78 is 43.7. The largest absolute Gasteiger partial charge is 0.452 e. The number of nitrogens with one attached hydrogen (secondary N) is 3. The van der Waals surface area contributed by atoms with E-state index >= 15 is 0 Å². The second kappa shape index (κ2) is 8.91. The van der Waals surface area contributed by atoms with Crippen LogP contribution in [0.3, 0.4) is 0 Å². The van der Waals surface area contributed by atoms with Gasteiger partial charge in [0.1, 0.15) is 12.4 Å². The van der Waals surface area contributed by atoms with Crippen LogP contribution in [0.1, 0.15) is 27.7 Å². The standard InChI is InChI=1S/C16H22FN3O6S/c1-10(14(22)19-15(23)20-16(2,3)4)26-13(21)9-18-27(24,25)12-7-5-6-11(17)8-12/h5-8,10,18H,9H2,1-4H3,(H2,19,20,22,23)/t10-/m1/s1. The highest BCUT2D eigenvalue weighted by molar-refractivity contribution is 7.89. The molecule has 1 aromatic carbocycles. The molecule has 0 unspecified atom stereocenters. The monoisotopic (exact) mass is 403 g/mol. The van der Waals surface area contributed by atoms with Crippen LogP contribution in [0.5, 0.6) is 0 Å². The van der Waals surface area contributed by atoms with Crippen LogP contribution in [0, 0.1) is 5.82 Å². The molecule has 0 bridgehead atoms. The van der Waals surface area contributed by atoms with Crippen molar-refractivity contribution in [1.82, 2.24) is 15.4 Å². The maximum Gasteiger partial charge on any atom is 0.321 e. The molecule has 0 heterocycles. The van der Waals surface area contributed by atoms with Crippen LogP contribution in [0.4, 0.5) is 9.18 Å². The van der Waals surface area contributed by atoms with Crippen molar-refractivity contribution in [2.75, 3.05) is 6.54 Å². The molecule has 0 aliphatic carbocycles. The van der Waals surface area contributed by atoms with E-state index in [1.54, 1.807) is 20.8 Å². The second-order valence-corrected chi connectivity index (χ2v) is 8.37. The SMILES string of the molecule is C[C@@H](OC(=O)CNS(=O)(=O)c1cccc(F)c1)C(=O)NC(=O)NC(C)(C)C. The Kier molecular flexibility index (Phi) is 7.43. The first-order valence-corrected chi connectivity index (χ1v) is 9.36. The Morgan fingerprint density at radius 2 is 1.85 bits per heavy atom. The summed E-state index contributed by atoms with van der Waals surface area (Å²) in [5, 5.41) is 4.49. The normalized spacial score (nSPS) is 12.8. The Morgan fingerprint density at radius 1 is 1.22 bits per heavy atom. The minimum Gasteiger partial charge on any atom is -0.452 e. The Morgan fingerprint density at radius 3 is 2.41 bits per heavy atom. The fourth-order valence-corrected chi connectivity index (χ4v) is 2.75. The molecule has 0 aliphatic rings. The molecule has 9 nitrogen and oxygen atoms in total. The minimum absolute atomic E-state index is 0.361. The summed E-state index contributed by atoms with van der Waals surface area (Å²) in [5.74, 6) is -2.67. The molecule has 0 aliphatic heterocycles. The van der Waals surface area contributed by atoms with Gasteiger partial charge in [-0.05, 0) is 45.9 Å².